The molecule has 0 bridgehead atoms. The predicted octanol–water partition coefficient (Wildman–Crippen LogP) is 8.50. The van der Waals surface area contributed by atoms with Gasteiger partial charge in [-0.2, -0.15) is 0 Å². The Hall–Kier alpha value is -7.43. The highest BCUT2D eigenvalue weighted by molar-refractivity contribution is 14.1. The van der Waals surface area contributed by atoms with Crippen LogP contribution in [-0.2, 0) is 0 Å². The molecule has 0 fully saturated rings. The summed E-state index contributed by atoms with van der Waals surface area (Å²) < 4.78 is 43.8. The number of nitro groups is 2. The number of ether oxygens (including phenoxy) is 6. The molecule has 0 amide bonds. The van der Waals surface area contributed by atoms with Crippen molar-refractivity contribution in [1.82, 2.24) is 9.97 Å². The van der Waals surface area contributed by atoms with Crippen LogP contribution >= 0.6 is 22.6 Å². The second kappa shape index (κ2) is 20.6. The van der Waals surface area contributed by atoms with Gasteiger partial charge in [0.05, 0.1) is 52.5 Å². The zero-order chi connectivity index (χ0) is 46.1. The zero-order valence-electron chi connectivity index (χ0n) is 34.9. The fraction of sp³-hybridized carbons (Fsp3) is 0.136. The Balaban J connectivity index is 0.000000172. The van der Waals surface area contributed by atoms with Crippen LogP contribution in [-0.4, -0.2) is 79.6 Å². The molecule has 8 rings (SSSR count). The van der Waals surface area contributed by atoms with E-state index in [2.05, 4.69) is 32.6 Å². The van der Waals surface area contributed by atoms with Crippen molar-refractivity contribution >= 4 is 68.7 Å². The van der Waals surface area contributed by atoms with Gasteiger partial charge in [-0.05, 0) is 112 Å². The van der Waals surface area contributed by atoms with E-state index in [4.69, 9.17) is 47.3 Å². The molecule has 0 aliphatic carbocycles. The van der Waals surface area contributed by atoms with Gasteiger partial charge >= 0.3 is 7.12 Å². The molecule has 0 saturated carbocycles. The first-order chi connectivity index (χ1) is 30.8. The van der Waals surface area contributed by atoms with Gasteiger partial charge in [0.15, 0.2) is 34.2 Å². The van der Waals surface area contributed by atoms with Crippen LogP contribution in [0.2, 0.25) is 0 Å². The van der Waals surface area contributed by atoms with E-state index in [0.717, 1.165) is 25.8 Å². The van der Waals surface area contributed by atoms with Crippen molar-refractivity contribution in [2.24, 2.45) is 0 Å². The predicted molar refractivity (Wildman–Crippen MR) is 246 cm³/mol. The molecule has 64 heavy (non-hydrogen) atoms. The Morgan fingerprint density at radius 1 is 0.516 bits per heavy atom. The Labute approximate surface area is 378 Å². The van der Waals surface area contributed by atoms with Gasteiger partial charge in [-0.1, -0.05) is 12.1 Å². The number of aromatic nitrogens is 2. The minimum absolute atomic E-state index is 0.00922. The first-order valence-corrected chi connectivity index (χ1v) is 19.8. The molecular weight excluding hydrogens is 946 g/mol. The maximum absolute atomic E-state index is 10.9. The van der Waals surface area contributed by atoms with Gasteiger partial charge in [0.25, 0.3) is 11.4 Å². The highest BCUT2D eigenvalue weighted by Gasteiger charge is 2.20. The zero-order valence-corrected chi connectivity index (χ0v) is 37.1. The lowest BCUT2D eigenvalue weighted by Crippen LogP contribution is -2.30. The molecule has 6 aromatic carbocycles. The largest absolute Gasteiger partial charge is 0.493 e. The molecule has 0 spiro atoms. The van der Waals surface area contributed by atoms with Gasteiger partial charge < -0.3 is 47.3 Å². The third-order valence-corrected chi connectivity index (χ3v) is 10.1. The minimum Gasteiger partial charge on any atom is -0.493 e. The molecule has 2 heterocycles. The summed E-state index contributed by atoms with van der Waals surface area (Å²) in [6.45, 7) is 0. The fourth-order valence-electron chi connectivity index (χ4n) is 6.20. The molecular formula is C44H38BIN4O14. The Bertz CT molecular complexity index is 2870. The summed E-state index contributed by atoms with van der Waals surface area (Å²) in [5.41, 5.74) is 5.65. The van der Waals surface area contributed by atoms with Crippen LogP contribution in [0.4, 0.5) is 11.4 Å². The molecule has 0 radical (unpaired) electrons. The number of rotatable bonds is 12. The van der Waals surface area contributed by atoms with Crippen LogP contribution in [0.5, 0.6) is 34.5 Å². The number of hydrogen-bond acceptors (Lipinski definition) is 16. The molecule has 0 unspecified atom stereocenters. The summed E-state index contributed by atoms with van der Waals surface area (Å²) >= 11 is 2.22. The number of halogens is 1. The van der Waals surface area contributed by atoms with Gasteiger partial charge in [0.2, 0.25) is 23.3 Å². The SMILES string of the molecule is COc1cc(-c2ccc(-c3nc4cc([N+](=O)[O-])ccc4o3)cc2)cc(OC)c1OC.COc1cc(B(O)O)cc(OC)c1OC.O=[N+]([O-])c1ccc2oc(-c3ccc(I)cc3)nc2c1. The van der Waals surface area contributed by atoms with Crippen molar-refractivity contribution in [3.05, 3.63) is 133 Å². The van der Waals surface area contributed by atoms with E-state index in [0.29, 0.717) is 68.5 Å². The van der Waals surface area contributed by atoms with E-state index >= 15 is 0 Å². The van der Waals surface area contributed by atoms with Gasteiger partial charge in [-0.3, -0.25) is 20.2 Å². The molecule has 2 N–H and O–H groups in total. The monoisotopic (exact) mass is 984 g/mol. The van der Waals surface area contributed by atoms with Crippen molar-refractivity contribution in [1.29, 1.82) is 0 Å². The summed E-state index contributed by atoms with van der Waals surface area (Å²) in [5.74, 6) is 3.71. The maximum atomic E-state index is 10.9. The van der Waals surface area contributed by atoms with Crippen LogP contribution in [0.3, 0.4) is 0 Å². The number of fused-ring (bicyclic) bond motifs is 2. The average Bonchev–Trinajstić information content (AvgIpc) is 3.95. The molecule has 8 aromatic rings. The summed E-state index contributed by atoms with van der Waals surface area (Å²) in [7, 11) is 7.54. The van der Waals surface area contributed by atoms with E-state index in [1.54, 1.807) is 33.5 Å². The highest BCUT2D eigenvalue weighted by Crippen LogP contribution is 2.42. The van der Waals surface area contributed by atoms with E-state index in [-0.39, 0.29) is 16.8 Å². The molecule has 0 aliphatic heterocycles. The smallest absolute Gasteiger partial charge is 0.488 e. The molecule has 0 saturated heterocycles. The van der Waals surface area contributed by atoms with Crippen molar-refractivity contribution < 1.29 is 57.2 Å². The quantitative estimate of drug-likeness (QED) is 0.0505. The molecule has 20 heteroatoms. The topological polar surface area (TPSA) is 234 Å². The van der Waals surface area contributed by atoms with E-state index in [1.807, 2.05) is 60.7 Å². The standard InChI is InChI=1S/C22H18N2O6.C13H7IN2O3.C9H13BO5/c1-27-19-10-15(11-20(28-2)21(19)29-3)13-4-6-14(7-5-13)22-23-17-12-16(24(25)26)8-9-18(17)30-22;14-9-3-1-8(2-4-9)13-15-11-7-10(16(17)18)5-6-12(11)19-13;1-13-7-4-6(10(11)12)5-8(14-2)9(7)15-3/h4-12H,1-3H3;1-7H;4-5,11-12H,1-3H3. The minimum atomic E-state index is -1.57. The van der Waals surface area contributed by atoms with Gasteiger partial charge in [0.1, 0.15) is 11.0 Å². The molecule has 2 aromatic heterocycles. The number of non-ortho nitro benzene ring substituents is 2. The van der Waals surface area contributed by atoms with Crippen molar-refractivity contribution in [3.8, 4) is 68.5 Å². The number of methoxy groups -OCH3 is 6. The molecule has 0 atom stereocenters. The lowest BCUT2D eigenvalue weighted by molar-refractivity contribution is -0.384. The number of nitro benzene ring substituents is 2. The van der Waals surface area contributed by atoms with Crippen molar-refractivity contribution in [2.45, 2.75) is 0 Å². The Morgan fingerprint density at radius 2 is 0.891 bits per heavy atom. The first kappa shape index (κ1) is 46.1. The number of oxazole rings is 2. The summed E-state index contributed by atoms with van der Waals surface area (Å²) in [6.07, 6.45) is 0. The van der Waals surface area contributed by atoms with Gasteiger partial charge in [-0.25, -0.2) is 9.97 Å². The fourth-order valence-corrected chi connectivity index (χ4v) is 6.56. The normalized spacial score (nSPS) is 10.5. The average molecular weight is 985 g/mol. The summed E-state index contributed by atoms with van der Waals surface area (Å²) in [4.78, 5) is 29.4. The molecule has 18 nitrogen and oxygen atoms in total. The third kappa shape index (κ3) is 10.4. The first-order valence-electron chi connectivity index (χ1n) is 18.7. The van der Waals surface area contributed by atoms with Crippen LogP contribution in [0.1, 0.15) is 0 Å². The lowest BCUT2D eigenvalue weighted by Gasteiger charge is -2.14. The van der Waals surface area contributed by atoms with Gasteiger partial charge in [0, 0.05) is 39.0 Å². The van der Waals surface area contributed by atoms with E-state index in [1.165, 1.54) is 57.7 Å². The van der Waals surface area contributed by atoms with Crippen LogP contribution < -0.4 is 33.9 Å². The summed E-state index contributed by atoms with van der Waals surface area (Å²) in [5, 5.41) is 39.7. The Morgan fingerprint density at radius 3 is 1.25 bits per heavy atom. The maximum Gasteiger partial charge on any atom is 0.488 e. The Kier molecular flexibility index (Phi) is 14.9. The van der Waals surface area contributed by atoms with E-state index in [9.17, 15) is 20.2 Å². The highest BCUT2D eigenvalue weighted by atomic mass is 127. The van der Waals surface area contributed by atoms with Crippen molar-refractivity contribution in [2.75, 3.05) is 42.7 Å². The lowest BCUT2D eigenvalue weighted by atomic mass is 9.80. The van der Waals surface area contributed by atoms with Crippen LogP contribution in [0, 0.1) is 23.8 Å². The number of benzene rings is 6. The number of hydrogen-bond donors (Lipinski definition) is 2. The van der Waals surface area contributed by atoms with Gasteiger partial charge in [-0.15, -0.1) is 0 Å². The second-order valence-electron chi connectivity index (χ2n) is 13.2. The van der Waals surface area contributed by atoms with Crippen molar-refractivity contribution in [3.63, 3.8) is 0 Å². The number of nitrogens with zero attached hydrogens (tertiary/aromatic N) is 4. The summed E-state index contributed by atoms with van der Waals surface area (Å²) in [6, 6.07) is 30.7. The molecule has 0 aliphatic rings. The third-order valence-electron chi connectivity index (χ3n) is 9.37. The van der Waals surface area contributed by atoms with Crippen LogP contribution in [0.25, 0.3) is 56.2 Å². The second-order valence-corrected chi connectivity index (χ2v) is 14.4. The van der Waals surface area contributed by atoms with Crippen LogP contribution in [0.15, 0.2) is 118 Å². The van der Waals surface area contributed by atoms with E-state index < -0.39 is 17.0 Å². The molecule has 328 valence electrons.